The van der Waals surface area contributed by atoms with Gasteiger partial charge in [0.05, 0.1) is 5.95 Å². The Labute approximate surface area is 121 Å². The molecule has 0 aliphatic rings. The first-order valence-corrected chi connectivity index (χ1v) is 5.19. The van der Waals surface area contributed by atoms with Crippen LogP contribution in [-0.2, 0) is 4.74 Å². The summed E-state index contributed by atoms with van der Waals surface area (Å²) in [5, 5.41) is 20.1. The molecule has 0 N–H and O–H groups in total. The summed E-state index contributed by atoms with van der Waals surface area (Å²) in [7, 11) is 1.21. The topological polar surface area (TPSA) is 68.4 Å². The van der Waals surface area contributed by atoms with Crippen LogP contribution in [0.15, 0.2) is 16.5 Å². The first-order valence-electron chi connectivity index (χ1n) is 3.55. The van der Waals surface area contributed by atoms with Crippen LogP contribution < -0.4 is 34.7 Å². The van der Waals surface area contributed by atoms with Gasteiger partial charge in [0.1, 0.15) is 21.7 Å². The molecular formula is C8H9N2NaO2S2. The van der Waals surface area contributed by atoms with Crippen molar-refractivity contribution < 1.29 is 39.4 Å². The first-order chi connectivity index (χ1) is 6.56. The zero-order valence-electron chi connectivity index (χ0n) is 9.03. The van der Waals surface area contributed by atoms with Gasteiger partial charge >= 0.3 is 29.6 Å². The molecule has 0 unspecified atom stereocenters. The Hall–Kier alpha value is -0.0600. The van der Waals surface area contributed by atoms with Gasteiger partial charge in [-0.3, -0.25) is 0 Å². The van der Waals surface area contributed by atoms with Crippen molar-refractivity contribution >= 4 is 34.0 Å². The van der Waals surface area contributed by atoms with Crippen molar-refractivity contribution in [3.8, 4) is 6.07 Å². The van der Waals surface area contributed by atoms with Crippen LogP contribution in [0.5, 0.6) is 0 Å². The molecule has 0 rings (SSSR count). The number of rotatable bonds is 2. The Bertz CT molecular complexity index is 334. The second-order valence-electron chi connectivity index (χ2n) is 2.12. The molecule has 0 radical (unpaired) electrons. The predicted molar refractivity (Wildman–Crippen MR) is 58.9 cm³/mol. The fraction of sp³-hybridized carbons (Fsp3) is 0.375. The second kappa shape index (κ2) is 9.19. The Morgan fingerprint density at radius 2 is 2.13 bits per heavy atom. The molecule has 76 valence electrons. The largest absolute Gasteiger partial charge is 1.00 e. The molecule has 0 bridgehead atoms. The summed E-state index contributed by atoms with van der Waals surface area (Å²) in [5.41, 5.74) is -0.121. The monoisotopic (exact) mass is 252 g/mol. The normalized spacial score (nSPS) is 12.0. The molecule has 0 spiro atoms. The number of hydrogen-bond donors (Lipinski definition) is 0. The van der Waals surface area contributed by atoms with E-state index in [4.69, 9.17) is 17.5 Å². The number of methoxy groups -OCH3 is 1. The first kappa shape index (κ1) is 17.3. The maximum Gasteiger partial charge on any atom is 1.00 e. The Morgan fingerprint density at radius 1 is 1.60 bits per heavy atom. The van der Waals surface area contributed by atoms with Gasteiger partial charge < -0.3 is 9.84 Å². The molecule has 0 saturated carbocycles. The van der Waals surface area contributed by atoms with Gasteiger partial charge in [-0.25, -0.2) is 4.99 Å². The molecule has 0 aliphatic carbocycles. The third-order valence-corrected chi connectivity index (χ3v) is 1.94. The predicted octanol–water partition coefficient (Wildman–Crippen LogP) is -2.16. The van der Waals surface area contributed by atoms with Gasteiger partial charge in [-0.1, -0.05) is 12.2 Å². The van der Waals surface area contributed by atoms with E-state index in [2.05, 4.69) is 9.73 Å². The molecule has 0 atom stereocenters. The van der Waals surface area contributed by atoms with Gasteiger partial charge in [-0.05, 0) is 20.3 Å². The van der Waals surface area contributed by atoms with Crippen molar-refractivity contribution in [2.24, 2.45) is 4.99 Å². The molecule has 0 aromatic carbocycles. The molecule has 0 saturated heterocycles. The van der Waals surface area contributed by atoms with E-state index in [1.807, 2.05) is 0 Å². The minimum atomic E-state index is -0.697. The molecule has 0 aromatic rings. The van der Waals surface area contributed by atoms with Crippen LogP contribution in [0.1, 0.15) is 6.92 Å². The van der Waals surface area contributed by atoms with E-state index in [0.29, 0.717) is 4.99 Å². The fourth-order valence-electron chi connectivity index (χ4n) is 0.629. The van der Waals surface area contributed by atoms with Crippen LogP contribution >= 0.6 is 24.0 Å². The third kappa shape index (κ3) is 6.17. The van der Waals surface area contributed by atoms with Crippen LogP contribution in [0.3, 0.4) is 0 Å². The van der Waals surface area contributed by atoms with Gasteiger partial charge in [0.15, 0.2) is 0 Å². The zero-order chi connectivity index (χ0) is 11.1. The van der Waals surface area contributed by atoms with E-state index in [0.717, 1.165) is 0 Å². The summed E-state index contributed by atoms with van der Waals surface area (Å²) in [4.78, 5) is 4.25. The van der Waals surface area contributed by atoms with Crippen LogP contribution in [0.2, 0.25) is 0 Å². The van der Waals surface area contributed by atoms with Crippen molar-refractivity contribution in [2.75, 3.05) is 13.4 Å². The zero-order valence-corrected chi connectivity index (χ0v) is 12.7. The van der Waals surface area contributed by atoms with Gasteiger partial charge in [-0.15, -0.1) is 11.8 Å². The smallest absolute Gasteiger partial charge is 0.616 e. The van der Waals surface area contributed by atoms with Crippen molar-refractivity contribution in [3.05, 3.63) is 11.5 Å². The van der Waals surface area contributed by atoms with E-state index in [1.165, 1.54) is 18.9 Å². The number of thioether (sulfide) groups is 1. The summed E-state index contributed by atoms with van der Waals surface area (Å²) >= 11 is 5.93. The van der Waals surface area contributed by atoms with Gasteiger partial charge in [0.25, 0.3) is 0 Å². The summed E-state index contributed by atoms with van der Waals surface area (Å²) in [5.74, 6) is -0.697. The number of aliphatic imine (C=N–C) groups is 1. The maximum absolute atomic E-state index is 11.1. The van der Waals surface area contributed by atoms with Crippen LogP contribution in [0.25, 0.3) is 0 Å². The molecule has 0 fully saturated rings. The van der Waals surface area contributed by atoms with E-state index in [9.17, 15) is 5.11 Å². The Kier molecular flexibility index (Phi) is 10.6. The van der Waals surface area contributed by atoms with E-state index in [-0.39, 0.29) is 40.2 Å². The molecule has 0 amide bonds. The number of thiocarbonyl (C=S) groups is 1. The average molecular weight is 252 g/mol. The summed E-state index contributed by atoms with van der Waals surface area (Å²) in [6, 6.07) is 1.74. The van der Waals surface area contributed by atoms with E-state index >= 15 is 0 Å². The molecule has 0 aromatic heterocycles. The number of hydrogen-bond acceptors (Lipinski definition) is 5. The summed E-state index contributed by atoms with van der Waals surface area (Å²) in [6.45, 7) is 1.61. The molecular weight excluding hydrogens is 243 g/mol. The van der Waals surface area contributed by atoms with Crippen LogP contribution in [0, 0.1) is 11.3 Å². The Morgan fingerprint density at radius 3 is 2.40 bits per heavy atom. The van der Waals surface area contributed by atoms with E-state index in [1.54, 1.807) is 19.2 Å². The van der Waals surface area contributed by atoms with E-state index < -0.39 is 5.95 Å². The van der Waals surface area contributed by atoms with Gasteiger partial charge in [0, 0.05) is 0 Å². The average Bonchev–Trinajstić information content (AvgIpc) is 2.16. The molecule has 15 heavy (non-hydrogen) atoms. The molecule has 0 aliphatic heterocycles. The minimum absolute atomic E-state index is 0. The quantitative estimate of drug-likeness (QED) is 0.140. The number of nitriles is 1. The molecule has 7 heteroatoms. The maximum atomic E-state index is 11.1. The number of nitrogens with zero attached hydrogens (tertiary/aromatic N) is 2. The Balaban J connectivity index is 0. The van der Waals surface area contributed by atoms with Crippen molar-refractivity contribution in [2.45, 2.75) is 6.92 Å². The van der Waals surface area contributed by atoms with Crippen molar-refractivity contribution in [3.63, 3.8) is 0 Å². The van der Waals surface area contributed by atoms with Gasteiger partial charge in [0.2, 0.25) is 0 Å². The second-order valence-corrected chi connectivity index (χ2v) is 3.50. The molecule has 0 heterocycles. The fourth-order valence-corrected chi connectivity index (χ4v) is 1.34. The summed E-state index contributed by atoms with van der Waals surface area (Å²) in [6.07, 6.45) is 1.71. The van der Waals surface area contributed by atoms with Gasteiger partial charge in [-0.2, -0.15) is 5.26 Å². The van der Waals surface area contributed by atoms with Crippen LogP contribution in [0.4, 0.5) is 0 Å². The van der Waals surface area contributed by atoms with Crippen molar-refractivity contribution in [1.82, 2.24) is 0 Å². The minimum Gasteiger partial charge on any atom is -0.616 e. The van der Waals surface area contributed by atoms with Crippen molar-refractivity contribution in [1.29, 1.82) is 5.26 Å². The molecule has 4 nitrogen and oxygen atoms in total. The summed E-state index contributed by atoms with van der Waals surface area (Å²) < 4.78 is 4.43. The third-order valence-electron chi connectivity index (χ3n) is 1.17. The van der Waals surface area contributed by atoms with Crippen LogP contribution in [-0.4, -0.2) is 23.4 Å². The number of ether oxygens (including phenoxy) is 1. The SMILES string of the molecule is CO/C([O-])=C(\C#N)C(=NC(C)=S)SC.[Na+]. The standard InChI is InChI=1S/C8H10N2O2S2.Na/c1-5(13)10-7(14-3)6(4-9)8(11)12-2;/h11H,1-3H3;/q;+1/p-1/b8-6+,10-7?;.